The third-order valence-corrected chi connectivity index (χ3v) is 7.19. The second-order valence-corrected chi connectivity index (χ2v) is 9.63. The molecule has 1 fully saturated rings. The third-order valence-electron chi connectivity index (χ3n) is 7.19. The van der Waals surface area contributed by atoms with Gasteiger partial charge < -0.3 is 10.0 Å². The molecule has 1 aliphatic rings. The van der Waals surface area contributed by atoms with Crippen molar-refractivity contribution in [2.24, 2.45) is 0 Å². The van der Waals surface area contributed by atoms with Crippen molar-refractivity contribution in [2.45, 2.75) is 84.2 Å². The lowest BCUT2D eigenvalue weighted by Crippen LogP contribution is -2.50. The minimum Gasteiger partial charge on any atom is -0.508 e. The van der Waals surface area contributed by atoms with Gasteiger partial charge in [0.15, 0.2) is 0 Å². The molecule has 0 atom stereocenters. The van der Waals surface area contributed by atoms with E-state index in [2.05, 4.69) is 68.8 Å². The van der Waals surface area contributed by atoms with E-state index in [4.69, 9.17) is 0 Å². The summed E-state index contributed by atoms with van der Waals surface area (Å²) in [5, 5.41) is 10.2. The van der Waals surface area contributed by atoms with E-state index in [-0.39, 0.29) is 5.54 Å². The van der Waals surface area contributed by atoms with Crippen LogP contribution in [0.25, 0.3) is 0 Å². The molecule has 3 nitrogen and oxygen atoms in total. The number of phenols is 1. The van der Waals surface area contributed by atoms with Crippen molar-refractivity contribution in [1.82, 2.24) is 4.90 Å². The molecular formula is C28H42N2O. The number of hydrogen-bond acceptors (Lipinski definition) is 3. The number of aromatic hydroxyl groups is 1. The molecule has 0 bridgehead atoms. The van der Waals surface area contributed by atoms with Crippen molar-refractivity contribution in [3.8, 4) is 5.75 Å². The van der Waals surface area contributed by atoms with E-state index < -0.39 is 0 Å². The first-order valence-corrected chi connectivity index (χ1v) is 12.2. The Morgan fingerprint density at radius 3 is 2.19 bits per heavy atom. The van der Waals surface area contributed by atoms with E-state index in [9.17, 15) is 5.11 Å². The molecule has 1 aliphatic carbocycles. The number of unbranched alkanes of at least 4 members (excludes halogenated alkanes) is 1. The zero-order valence-electron chi connectivity index (χ0n) is 20.3. The summed E-state index contributed by atoms with van der Waals surface area (Å²) >= 11 is 0. The highest BCUT2D eigenvalue weighted by Gasteiger charge is 2.41. The highest BCUT2D eigenvalue weighted by Crippen LogP contribution is 2.44. The number of aryl methyl sites for hydroxylation is 2. The van der Waals surface area contributed by atoms with Gasteiger partial charge in [0.05, 0.1) is 0 Å². The lowest BCUT2D eigenvalue weighted by Gasteiger charge is -2.49. The van der Waals surface area contributed by atoms with Crippen LogP contribution in [0.2, 0.25) is 0 Å². The normalized spacial score (nSPS) is 21.4. The maximum Gasteiger partial charge on any atom is 0.115 e. The smallest absolute Gasteiger partial charge is 0.115 e. The van der Waals surface area contributed by atoms with E-state index in [1.54, 1.807) is 6.07 Å². The van der Waals surface area contributed by atoms with Crippen LogP contribution < -0.4 is 4.90 Å². The topological polar surface area (TPSA) is 26.7 Å². The standard InChI is InChI=1S/C28H42N2O/c1-6-8-17-29(5)28(24-10-9-11-27(31)21-24)14-12-25(13-15-28)30(16-7-2)26-19-22(3)18-23(4)20-26/h9-11,18-21,25,31H,6-8,12-17H2,1-5H3. The van der Waals surface area contributed by atoms with Gasteiger partial charge in [0.25, 0.3) is 0 Å². The lowest BCUT2D eigenvalue weighted by atomic mass is 9.73. The highest BCUT2D eigenvalue weighted by atomic mass is 16.3. The predicted octanol–water partition coefficient (Wildman–Crippen LogP) is 6.80. The average molecular weight is 423 g/mol. The summed E-state index contributed by atoms with van der Waals surface area (Å²) in [6.45, 7) is 11.2. The maximum absolute atomic E-state index is 10.2. The molecular weight excluding hydrogens is 380 g/mol. The van der Waals surface area contributed by atoms with Gasteiger partial charge in [0, 0.05) is 23.8 Å². The van der Waals surface area contributed by atoms with Gasteiger partial charge in [-0.15, -0.1) is 0 Å². The Kier molecular flexibility index (Phi) is 8.05. The molecule has 0 radical (unpaired) electrons. The number of benzene rings is 2. The van der Waals surface area contributed by atoms with Gasteiger partial charge >= 0.3 is 0 Å². The number of anilines is 1. The second kappa shape index (κ2) is 10.5. The van der Waals surface area contributed by atoms with E-state index in [0.29, 0.717) is 11.8 Å². The molecule has 31 heavy (non-hydrogen) atoms. The number of phenolic OH excluding ortho intramolecular Hbond substituents is 1. The van der Waals surface area contributed by atoms with Crippen molar-refractivity contribution in [3.05, 3.63) is 59.2 Å². The van der Waals surface area contributed by atoms with Crippen molar-refractivity contribution in [2.75, 3.05) is 25.0 Å². The zero-order chi connectivity index (χ0) is 22.4. The molecule has 3 rings (SSSR count). The number of rotatable bonds is 9. The zero-order valence-corrected chi connectivity index (χ0v) is 20.3. The molecule has 2 aromatic carbocycles. The van der Waals surface area contributed by atoms with Crippen molar-refractivity contribution >= 4 is 5.69 Å². The predicted molar refractivity (Wildman–Crippen MR) is 133 cm³/mol. The Morgan fingerprint density at radius 2 is 1.61 bits per heavy atom. The summed E-state index contributed by atoms with van der Waals surface area (Å²) in [6.07, 6.45) is 8.21. The fraction of sp³-hybridized carbons (Fsp3) is 0.571. The quantitative estimate of drug-likeness (QED) is 0.481. The average Bonchev–Trinajstić information content (AvgIpc) is 2.75. The van der Waals surface area contributed by atoms with Crippen molar-refractivity contribution < 1.29 is 5.11 Å². The van der Waals surface area contributed by atoms with Gasteiger partial charge in [-0.1, -0.05) is 38.5 Å². The van der Waals surface area contributed by atoms with E-state index in [1.165, 1.54) is 48.1 Å². The Hall–Kier alpha value is -2.00. The molecule has 0 amide bonds. The second-order valence-electron chi connectivity index (χ2n) is 9.63. The van der Waals surface area contributed by atoms with E-state index in [1.807, 2.05) is 12.1 Å². The Labute approximate surface area is 190 Å². The van der Waals surface area contributed by atoms with Crippen LogP contribution in [0.1, 0.15) is 75.5 Å². The SMILES string of the molecule is CCCCN(C)C1(c2cccc(O)c2)CCC(N(CCC)c2cc(C)cc(C)c2)CC1. The van der Waals surface area contributed by atoms with Crippen LogP contribution in [0.5, 0.6) is 5.75 Å². The van der Waals surface area contributed by atoms with Crippen LogP contribution in [-0.2, 0) is 5.54 Å². The first-order valence-electron chi connectivity index (χ1n) is 12.2. The maximum atomic E-state index is 10.2. The van der Waals surface area contributed by atoms with Gasteiger partial charge in [-0.05, 0) is 107 Å². The molecule has 0 aromatic heterocycles. The Balaban J connectivity index is 1.86. The van der Waals surface area contributed by atoms with Gasteiger partial charge in [0.2, 0.25) is 0 Å². The van der Waals surface area contributed by atoms with Crippen LogP contribution in [0.4, 0.5) is 5.69 Å². The third kappa shape index (κ3) is 5.44. The van der Waals surface area contributed by atoms with Crippen LogP contribution in [0, 0.1) is 13.8 Å². The number of hydrogen-bond donors (Lipinski definition) is 1. The molecule has 2 aromatic rings. The molecule has 0 aliphatic heterocycles. The number of nitrogens with zero attached hydrogens (tertiary/aromatic N) is 2. The Morgan fingerprint density at radius 1 is 0.935 bits per heavy atom. The minimum atomic E-state index is 0.0187. The highest BCUT2D eigenvalue weighted by molar-refractivity contribution is 5.52. The van der Waals surface area contributed by atoms with E-state index >= 15 is 0 Å². The minimum absolute atomic E-state index is 0.0187. The first-order chi connectivity index (χ1) is 14.9. The summed E-state index contributed by atoms with van der Waals surface area (Å²) in [5.74, 6) is 0.380. The Bertz CT molecular complexity index is 818. The molecule has 0 heterocycles. The van der Waals surface area contributed by atoms with Crippen molar-refractivity contribution in [3.63, 3.8) is 0 Å². The fourth-order valence-corrected chi connectivity index (χ4v) is 5.57. The summed E-state index contributed by atoms with van der Waals surface area (Å²) in [4.78, 5) is 5.24. The molecule has 170 valence electrons. The molecule has 1 saturated carbocycles. The van der Waals surface area contributed by atoms with Gasteiger partial charge in [-0.2, -0.15) is 0 Å². The van der Waals surface area contributed by atoms with Gasteiger partial charge in [0.1, 0.15) is 5.75 Å². The molecule has 0 saturated heterocycles. The molecule has 1 N–H and O–H groups in total. The van der Waals surface area contributed by atoms with E-state index in [0.717, 1.165) is 32.4 Å². The molecule has 0 spiro atoms. The summed E-state index contributed by atoms with van der Waals surface area (Å²) in [5.41, 5.74) is 5.37. The van der Waals surface area contributed by atoms with Crippen LogP contribution in [0.3, 0.4) is 0 Å². The monoisotopic (exact) mass is 422 g/mol. The van der Waals surface area contributed by atoms with Crippen LogP contribution >= 0.6 is 0 Å². The van der Waals surface area contributed by atoms with Crippen molar-refractivity contribution in [1.29, 1.82) is 0 Å². The summed E-state index contributed by atoms with van der Waals surface area (Å²) in [7, 11) is 2.29. The first kappa shape index (κ1) is 23.7. The van der Waals surface area contributed by atoms with Gasteiger partial charge in [-0.3, -0.25) is 4.90 Å². The fourth-order valence-electron chi connectivity index (χ4n) is 5.57. The lowest BCUT2D eigenvalue weighted by molar-refractivity contribution is 0.0641. The molecule has 0 unspecified atom stereocenters. The van der Waals surface area contributed by atoms with Gasteiger partial charge in [-0.25, -0.2) is 0 Å². The van der Waals surface area contributed by atoms with Crippen LogP contribution in [-0.4, -0.2) is 36.2 Å². The largest absolute Gasteiger partial charge is 0.508 e. The summed E-state index contributed by atoms with van der Waals surface area (Å²) in [6, 6.07) is 15.6. The molecule has 3 heteroatoms. The summed E-state index contributed by atoms with van der Waals surface area (Å²) < 4.78 is 0. The van der Waals surface area contributed by atoms with Crippen LogP contribution in [0.15, 0.2) is 42.5 Å².